The molecule has 0 saturated heterocycles. The van der Waals surface area contributed by atoms with E-state index in [1.54, 1.807) is 29.6 Å². The molecule has 1 aromatic heterocycles. The fourth-order valence-electron chi connectivity index (χ4n) is 2.35. The summed E-state index contributed by atoms with van der Waals surface area (Å²) >= 11 is 1.18. The van der Waals surface area contributed by atoms with Crippen LogP contribution >= 0.6 is 11.3 Å². The third kappa shape index (κ3) is 5.01. The Morgan fingerprint density at radius 3 is 2.59 bits per heavy atom. The Hall–Kier alpha value is -3.00. The van der Waals surface area contributed by atoms with Gasteiger partial charge >= 0.3 is 6.61 Å². The molecule has 0 aliphatic rings. The standard InChI is InChI=1S/C19H16F2N2O3S/c1-12-6-2-4-8-15(12)25-10-17(24)23-19-22-14(11-27-19)13-7-3-5-9-16(13)26-18(20)21/h2-9,11,18H,10H2,1H3,(H,22,23,24). The molecule has 0 fully saturated rings. The molecule has 3 rings (SSSR count). The summed E-state index contributed by atoms with van der Waals surface area (Å²) in [5.41, 5.74) is 1.79. The maximum absolute atomic E-state index is 12.5. The number of alkyl halides is 2. The summed E-state index contributed by atoms with van der Waals surface area (Å²) in [6.07, 6.45) is 0. The van der Waals surface area contributed by atoms with Crippen LogP contribution in [0.25, 0.3) is 11.3 Å². The van der Waals surface area contributed by atoms with Gasteiger partial charge < -0.3 is 9.47 Å². The van der Waals surface area contributed by atoms with Gasteiger partial charge in [-0.15, -0.1) is 11.3 Å². The number of anilines is 1. The molecule has 1 N–H and O–H groups in total. The summed E-state index contributed by atoms with van der Waals surface area (Å²) in [6, 6.07) is 13.7. The summed E-state index contributed by atoms with van der Waals surface area (Å²) in [6.45, 7) is -1.20. The van der Waals surface area contributed by atoms with Crippen molar-refractivity contribution in [2.45, 2.75) is 13.5 Å². The summed E-state index contributed by atoms with van der Waals surface area (Å²) in [7, 11) is 0. The molecule has 8 heteroatoms. The van der Waals surface area contributed by atoms with Crippen molar-refractivity contribution in [1.82, 2.24) is 4.98 Å². The Morgan fingerprint density at radius 1 is 1.15 bits per heavy atom. The van der Waals surface area contributed by atoms with Gasteiger partial charge in [-0.05, 0) is 30.7 Å². The fourth-order valence-corrected chi connectivity index (χ4v) is 3.08. The van der Waals surface area contributed by atoms with Crippen LogP contribution in [0.2, 0.25) is 0 Å². The molecule has 140 valence electrons. The molecular formula is C19H16F2N2O3S. The van der Waals surface area contributed by atoms with Gasteiger partial charge in [-0.2, -0.15) is 8.78 Å². The van der Waals surface area contributed by atoms with Crippen molar-refractivity contribution in [3.63, 3.8) is 0 Å². The summed E-state index contributed by atoms with van der Waals surface area (Å²) in [5, 5.41) is 4.64. The van der Waals surface area contributed by atoms with Crippen LogP contribution in [0, 0.1) is 6.92 Å². The average Bonchev–Trinajstić information content (AvgIpc) is 3.09. The Labute approximate surface area is 158 Å². The van der Waals surface area contributed by atoms with Gasteiger partial charge in [0.15, 0.2) is 11.7 Å². The number of nitrogens with one attached hydrogen (secondary N) is 1. The van der Waals surface area contributed by atoms with Crippen molar-refractivity contribution in [3.8, 4) is 22.8 Å². The molecular weight excluding hydrogens is 374 g/mol. The number of rotatable bonds is 7. The average molecular weight is 390 g/mol. The molecule has 3 aromatic rings. The normalized spacial score (nSPS) is 10.7. The second kappa shape index (κ2) is 8.59. The molecule has 2 aromatic carbocycles. The van der Waals surface area contributed by atoms with Crippen LogP contribution in [-0.2, 0) is 4.79 Å². The highest BCUT2D eigenvalue weighted by molar-refractivity contribution is 7.14. The SMILES string of the molecule is Cc1ccccc1OCC(=O)Nc1nc(-c2ccccc2OC(F)F)cs1. The molecule has 0 aliphatic heterocycles. The highest BCUT2D eigenvalue weighted by Crippen LogP contribution is 2.33. The Bertz CT molecular complexity index is 931. The maximum Gasteiger partial charge on any atom is 0.387 e. The van der Waals surface area contributed by atoms with E-state index >= 15 is 0 Å². The first-order chi connectivity index (χ1) is 13.0. The summed E-state index contributed by atoms with van der Waals surface area (Å²) < 4.78 is 35.1. The van der Waals surface area contributed by atoms with E-state index in [1.807, 2.05) is 25.1 Å². The summed E-state index contributed by atoms with van der Waals surface area (Å²) in [4.78, 5) is 16.3. The minimum atomic E-state index is -2.93. The first-order valence-electron chi connectivity index (χ1n) is 8.01. The number of ether oxygens (including phenoxy) is 2. The number of halogens is 2. The number of thiazole rings is 1. The fraction of sp³-hybridized carbons (Fsp3) is 0.158. The molecule has 0 aliphatic carbocycles. The van der Waals surface area contributed by atoms with E-state index in [9.17, 15) is 13.6 Å². The number of para-hydroxylation sites is 2. The predicted octanol–water partition coefficient (Wildman–Crippen LogP) is 4.74. The Morgan fingerprint density at radius 2 is 1.85 bits per heavy atom. The molecule has 1 amide bonds. The largest absolute Gasteiger partial charge is 0.483 e. The van der Waals surface area contributed by atoms with E-state index in [0.29, 0.717) is 22.1 Å². The zero-order valence-electron chi connectivity index (χ0n) is 14.3. The molecule has 0 saturated carbocycles. The zero-order valence-corrected chi connectivity index (χ0v) is 15.1. The smallest absolute Gasteiger partial charge is 0.387 e. The molecule has 0 unspecified atom stereocenters. The number of aromatic nitrogens is 1. The molecule has 27 heavy (non-hydrogen) atoms. The third-order valence-corrected chi connectivity index (χ3v) is 4.34. The van der Waals surface area contributed by atoms with Gasteiger partial charge in [0.1, 0.15) is 11.5 Å². The van der Waals surface area contributed by atoms with Gasteiger partial charge in [-0.3, -0.25) is 10.1 Å². The van der Waals surface area contributed by atoms with Crippen molar-refractivity contribution < 1.29 is 23.0 Å². The van der Waals surface area contributed by atoms with Crippen LogP contribution in [0.5, 0.6) is 11.5 Å². The lowest BCUT2D eigenvalue weighted by molar-refractivity contribution is -0.118. The van der Waals surface area contributed by atoms with Crippen molar-refractivity contribution >= 4 is 22.4 Å². The topological polar surface area (TPSA) is 60.5 Å². The van der Waals surface area contributed by atoms with Crippen LogP contribution < -0.4 is 14.8 Å². The number of amides is 1. The molecule has 5 nitrogen and oxygen atoms in total. The number of nitrogens with zero attached hydrogens (tertiary/aromatic N) is 1. The van der Waals surface area contributed by atoms with Crippen molar-refractivity contribution in [1.29, 1.82) is 0 Å². The molecule has 0 bridgehead atoms. The quantitative estimate of drug-likeness (QED) is 0.633. The molecule has 0 spiro atoms. The lowest BCUT2D eigenvalue weighted by Crippen LogP contribution is -2.20. The van der Waals surface area contributed by atoms with E-state index < -0.39 is 6.61 Å². The van der Waals surface area contributed by atoms with Crippen LogP contribution in [0.3, 0.4) is 0 Å². The van der Waals surface area contributed by atoms with Gasteiger partial charge in [-0.1, -0.05) is 30.3 Å². The Kier molecular flexibility index (Phi) is 5.97. The van der Waals surface area contributed by atoms with Crippen LogP contribution in [0.4, 0.5) is 13.9 Å². The van der Waals surface area contributed by atoms with Crippen molar-refractivity contribution in [2.24, 2.45) is 0 Å². The van der Waals surface area contributed by atoms with Gasteiger partial charge in [0.05, 0.1) is 5.69 Å². The number of hydrogen-bond acceptors (Lipinski definition) is 5. The van der Waals surface area contributed by atoms with E-state index in [-0.39, 0.29) is 18.3 Å². The highest BCUT2D eigenvalue weighted by atomic mass is 32.1. The van der Waals surface area contributed by atoms with Gasteiger partial charge in [0.2, 0.25) is 0 Å². The number of carbonyl (C=O) groups excluding carboxylic acids is 1. The van der Waals surface area contributed by atoms with E-state index in [4.69, 9.17) is 4.74 Å². The lowest BCUT2D eigenvalue weighted by Gasteiger charge is -2.09. The van der Waals surface area contributed by atoms with Gasteiger partial charge in [0, 0.05) is 10.9 Å². The predicted molar refractivity (Wildman–Crippen MR) is 99.5 cm³/mol. The van der Waals surface area contributed by atoms with Crippen LogP contribution in [0.15, 0.2) is 53.9 Å². The second-order valence-corrected chi connectivity index (χ2v) is 6.37. The first-order valence-corrected chi connectivity index (χ1v) is 8.89. The molecule has 0 radical (unpaired) electrons. The van der Waals surface area contributed by atoms with Crippen molar-refractivity contribution in [3.05, 3.63) is 59.5 Å². The van der Waals surface area contributed by atoms with Crippen LogP contribution in [-0.4, -0.2) is 24.1 Å². The number of carbonyl (C=O) groups is 1. The van der Waals surface area contributed by atoms with Gasteiger partial charge in [0.25, 0.3) is 5.91 Å². The summed E-state index contributed by atoms with van der Waals surface area (Å²) in [5.74, 6) is 0.292. The number of hydrogen-bond donors (Lipinski definition) is 1. The van der Waals surface area contributed by atoms with E-state index in [2.05, 4.69) is 15.0 Å². The van der Waals surface area contributed by atoms with E-state index in [0.717, 1.165) is 5.56 Å². The van der Waals surface area contributed by atoms with Gasteiger partial charge in [-0.25, -0.2) is 4.98 Å². The number of aryl methyl sites for hydroxylation is 1. The minimum absolute atomic E-state index is 0.0264. The zero-order chi connectivity index (χ0) is 19.2. The third-order valence-electron chi connectivity index (χ3n) is 3.58. The highest BCUT2D eigenvalue weighted by Gasteiger charge is 2.14. The Balaban J connectivity index is 1.64. The number of benzene rings is 2. The lowest BCUT2D eigenvalue weighted by atomic mass is 10.1. The first kappa shape index (κ1) is 18.8. The monoisotopic (exact) mass is 390 g/mol. The molecule has 0 atom stereocenters. The minimum Gasteiger partial charge on any atom is -0.483 e. The van der Waals surface area contributed by atoms with Crippen LogP contribution in [0.1, 0.15) is 5.56 Å². The van der Waals surface area contributed by atoms with Crippen molar-refractivity contribution in [2.75, 3.05) is 11.9 Å². The molecule has 1 heterocycles. The maximum atomic E-state index is 12.5. The second-order valence-electron chi connectivity index (χ2n) is 5.51. The van der Waals surface area contributed by atoms with E-state index in [1.165, 1.54) is 17.4 Å².